The quantitative estimate of drug-likeness (QED) is 0.484. The van der Waals surface area contributed by atoms with Gasteiger partial charge in [-0.1, -0.05) is 94.8 Å². The number of rotatable bonds is 8. The lowest BCUT2D eigenvalue weighted by Crippen LogP contribution is -2.35. The van der Waals surface area contributed by atoms with Crippen molar-refractivity contribution in [1.29, 1.82) is 0 Å². The second-order valence-corrected chi connectivity index (χ2v) is 8.57. The Morgan fingerprint density at radius 1 is 0.964 bits per heavy atom. The Balaban J connectivity index is 2.01. The molecule has 1 N–H and O–H groups in total. The standard InChI is InChI=1S/C25H33N3/c1-5-6-17-26-23(25(2,3)4)24-27-22(21-15-11-8-12-16-21)19-28(24)18-20-13-9-7-10-14-20/h7-16,19,23,26H,5-6,17-18H2,1-4H3/t23-/m0/s1. The largest absolute Gasteiger partial charge is 0.329 e. The van der Waals surface area contributed by atoms with Gasteiger partial charge < -0.3 is 9.88 Å². The van der Waals surface area contributed by atoms with Gasteiger partial charge in [-0.15, -0.1) is 0 Å². The van der Waals surface area contributed by atoms with Crippen molar-refractivity contribution in [2.75, 3.05) is 6.54 Å². The molecule has 2 aromatic carbocycles. The van der Waals surface area contributed by atoms with Gasteiger partial charge in [0.05, 0.1) is 11.7 Å². The van der Waals surface area contributed by atoms with E-state index in [0.29, 0.717) is 0 Å². The first-order chi connectivity index (χ1) is 13.5. The highest BCUT2D eigenvalue weighted by atomic mass is 15.1. The van der Waals surface area contributed by atoms with Gasteiger partial charge in [-0.2, -0.15) is 0 Å². The van der Waals surface area contributed by atoms with E-state index in [1.807, 2.05) is 0 Å². The number of nitrogens with zero attached hydrogens (tertiary/aromatic N) is 2. The monoisotopic (exact) mass is 375 g/mol. The van der Waals surface area contributed by atoms with Gasteiger partial charge in [0, 0.05) is 18.3 Å². The highest BCUT2D eigenvalue weighted by Gasteiger charge is 2.30. The fourth-order valence-electron chi connectivity index (χ4n) is 3.52. The summed E-state index contributed by atoms with van der Waals surface area (Å²) in [6.45, 7) is 11.0. The Hall–Kier alpha value is -2.39. The van der Waals surface area contributed by atoms with Crippen LogP contribution in [0, 0.1) is 5.41 Å². The van der Waals surface area contributed by atoms with Crippen LogP contribution in [0.15, 0.2) is 66.9 Å². The van der Waals surface area contributed by atoms with Crippen LogP contribution in [0.5, 0.6) is 0 Å². The van der Waals surface area contributed by atoms with Crippen molar-refractivity contribution in [2.45, 2.75) is 53.1 Å². The Bertz CT molecular complexity index is 845. The molecule has 0 bridgehead atoms. The molecule has 0 spiro atoms. The van der Waals surface area contributed by atoms with E-state index in [0.717, 1.165) is 30.2 Å². The minimum Gasteiger partial charge on any atom is -0.329 e. The average molecular weight is 376 g/mol. The smallest absolute Gasteiger partial charge is 0.127 e. The fourth-order valence-corrected chi connectivity index (χ4v) is 3.52. The third-order valence-corrected chi connectivity index (χ3v) is 5.08. The summed E-state index contributed by atoms with van der Waals surface area (Å²) < 4.78 is 2.33. The molecule has 1 aromatic heterocycles. The Morgan fingerprint density at radius 3 is 2.21 bits per heavy atom. The first-order valence-electron chi connectivity index (χ1n) is 10.4. The van der Waals surface area contributed by atoms with Crippen molar-refractivity contribution >= 4 is 0 Å². The van der Waals surface area contributed by atoms with Crippen LogP contribution in [0.2, 0.25) is 0 Å². The van der Waals surface area contributed by atoms with E-state index in [1.165, 1.54) is 18.4 Å². The van der Waals surface area contributed by atoms with Gasteiger partial charge in [0.25, 0.3) is 0 Å². The first-order valence-corrected chi connectivity index (χ1v) is 10.4. The van der Waals surface area contributed by atoms with E-state index < -0.39 is 0 Å². The second-order valence-electron chi connectivity index (χ2n) is 8.57. The van der Waals surface area contributed by atoms with Crippen molar-refractivity contribution in [3.8, 4) is 11.3 Å². The molecule has 0 aliphatic rings. The molecule has 0 saturated carbocycles. The Morgan fingerprint density at radius 2 is 1.61 bits per heavy atom. The SMILES string of the molecule is CCCCN[C@@H](c1nc(-c2ccccc2)cn1Cc1ccccc1)C(C)(C)C. The summed E-state index contributed by atoms with van der Waals surface area (Å²) in [6, 6.07) is 21.3. The molecule has 3 heteroatoms. The number of nitrogens with one attached hydrogen (secondary N) is 1. The topological polar surface area (TPSA) is 29.9 Å². The lowest BCUT2D eigenvalue weighted by molar-refractivity contribution is 0.256. The van der Waals surface area contributed by atoms with Gasteiger partial charge in [0.1, 0.15) is 5.82 Å². The lowest BCUT2D eigenvalue weighted by atomic mass is 9.86. The molecule has 1 heterocycles. The van der Waals surface area contributed by atoms with E-state index in [1.54, 1.807) is 0 Å². The summed E-state index contributed by atoms with van der Waals surface area (Å²) in [5, 5.41) is 3.78. The zero-order chi connectivity index (χ0) is 20.0. The maximum absolute atomic E-state index is 5.12. The summed E-state index contributed by atoms with van der Waals surface area (Å²) in [6.07, 6.45) is 4.58. The Labute approximate surface area is 169 Å². The first kappa shape index (κ1) is 20.3. The zero-order valence-corrected chi connectivity index (χ0v) is 17.7. The van der Waals surface area contributed by atoms with Crippen LogP contribution >= 0.6 is 0 Å². The van der Waals surface area contributed by atoms with Crippen molar-refractivity contribution < 1.29 is 0 Å². The Kier molecular flexibility index (Phi) is 6.69. The van der Waals surface area contributed by atoms with Crippen LogP contribution in [0.1, 0.15) is 58.0 Å². The molecular weight excluding hydrogens is 342 g/mol. The molecule has 0 fully saturated rings. The van der Waals surface area contributed by atoms with Gasteiger partial charge in [0.2, 0.25) is 0 Å². The highest BCUT2D eigenvalue weighted by molar-refractivity contribution is 5.58. The van der Waals surface area contributed by atoms with E-state index in [9.17, 15) is 0 Å². The summed E-state index contributed by atoms with van der Waals surface area (Å²) >= 11 is 0. The number of hydrogen-bond donors (Lipinski definition) is 1. The number of imidazole rings is 1. The molecule has 148 valence electrons. The normalized spacial score (nSPS) is 12.9. The summed E-state index contributed by atoms with van der Waals surface area (Å²) in [5.41, 5.74) is 3.57. The zero-order valence-electron chi connectivity index (χ0n) is 17.7. The van der Waals surface area contributed by atoms with Gasteiger partial charge in [-0.3, -0.25) is 0 Å². The van der Waals surface area contributed by atoms with Crippen molar-refractivity contribution in [3.05, 3.63) is 78.2 Å². The summed E-state index contributed by atoms with van der Waals surface area (Å²) in [4.78, 5) is 5.12. The molecule has 3 rings (SSSR count). The third kappa shape index (κ3) is 5.11. The summed E-state index contributed by atoms with van der Waals surface area (Å²) in [7, 11) is 0. The molecule has 0 saturated heterocycles. The van der Waals surface area contributed by atoms with Crippen LogP contribution < -0.4 is 5.32 Å². The van der Waals surface area contributed by atoms with E-state index in [4.69, 9.17) is 4.98 Å². The van der Waals surface area contributed by atoms with Crippen molar-refractivity contribution in [3.63, 3.8) is 0 Å². The van der Waals surface area contributed by atoms with E-state index in [-0.39, 0.29) is 11.5 Å². The third-order valence-electron chi connectivity index (χ3n) is 5.08. The lowest BCUT2D eigenvalue weighted by Gasteiger charge is -2.31. The average Bonchev–Trinajstić information content (AvgIpc) is 3.09. The molecule has 3 nitrogen and oxygen atoms in total. The molecule has 0 aliphatic carbocycles. The maximum Gasteiger partial charge on any atom is 0.127 e. The van der Waals surface area contributed by atoms with Gasteiger partial charge in [-0.25, -0.2) is 4.98 Å². The molecule has 0 radical (unpaired) electrons. The fraction of sp³-hybridized carbons (Fsp3) is 0.400. The molecule has 1 atom stereocenters. The van der Waals surface area contributed by atoms with Crippen molar-refractivity contribution in [1.82, 2.24) is 14.9 Å². The van der Waals surface area contributed by atoms with Crippen molar-refractivity contribution in [2.24, 2.45) is 5.41 Å². The van der Waals surface area contributed by atoms with Crippen LogP contribution in [-0.4, -0.2) is 16.1 Å². The molecule has 0 aliphatic heterocycles. The predicted octanol–water partition coefficient (Wildman–Crippen LogP) is 6.08. The van der Waals surface area contributed by atoms with Crippen LogP contribution in [0.3, 0.4) is 0 Å². The second kappa shape index (κ2) is 9.20. The van der Waals surface area contributed by atoms with E-state index >= 15 is 0 Å². The van der Waals surface area contributed by atoms with Crippen LogP contribution in [-0.2, 0) is 6.54 Å². The number of benzene rings is 2. The van der Waals surface area contributed by atoms with E-state index in [2.05, 4.69) is 104 Å². The molecule has 0 amide bonds. The number of aromatic nitrogens is 2. The highest BCUT2D eigenvalue weighted by Crippen LogP contribution is 2.34. The molecule has 28 heavy (non-hydrogen) atoms. The minimum atomic E-state index is 0.0709. The van der Waals surface area contributed by atoms with Gasteiger partial charge in [0.15, 0.2) is 0 Å². The molecular formula is C25H33N3. The molecule has 0 unspecified atom stereocenters. The maximum atomic E-state index is 5.12. The van der Waals surface area contributed by atoms with Crippen LogP contribution in [0.4, 0.5) is 0 Å². The number of hydrogen-bond acceptors (Lipinski definition) is 2. The van der Waals surface area contributed by atoms with Crippen LogP contribution in [0.25, 0.3) is 11.3 Å². The van der Waals surface area contributed by atoms with Gasteiger partial charge >= 0.3 is 0 Å². The molecule has 3 aromatic rings. The number of unbranched alkanes of at least 4 members (excludes halogenated alkanes) is 1. The minimum absolute atomic E-state index is 0.0709. The summed E-state index contributed by atoms with van der Waals surface area (Å²) in [5.74, 6) is 1.12. The van der Waals surface area contributed by atoms with Gasteiger partial charge in [-0.05, 0) is 23.9 Å². The predicted molar refractivity (Wildman–Crippen MR) is 118 cm³/mol.